The van der Waals surface area contributed by atoms with Gasteiger partial charge in [0.1, 0.15) is 17.3 Å². The van der Waals surface area contributed by atoms with E-state index in [1.807, 2.05) is 6.07 Å². The van der Waals surface area contributed by atoms with E-state index in [0.29, 0.717) is 11.1 Å². The van der Waals surface area contributed by atoms with Gasteiger partial charge in [0.2, 0.25) is 5.78 Å². The lowest BCUT2D eigenvalue weighted by Gasteiger charge is -2.04. The first-order chi connectivity index (χ1) is 12.7. The van der Waals surface area contributed by atoms with Crippen molar-refractivity contribution in [2.45, 2.75) is 0 Å². The van der Waals surface area contributed by atoms with Crippen LogP contribution in [-0.4, -0.2) is 17.7 Å². The van der Waals surface area contributed by atoms with Crippen LogP contribution in [0, 0.1) is 11.6 Å². The van der Waals surface area contributed by atoms with Crippen molar-refractivity contribution in [2.24, 2.45) is 10.2 Å². The summed E-state index contributed by atoms with van der Waals surface area (Å²) in [5.74, 6) is -1.83. The number of benzene rings is 3. The lowest BCUT2D eigenvalue weighted by atomic mass is 10.0. The molecule has 26 heavy (non-hydrogen) atoms. The first-order valence-corrected chi connectivity index (χ1v) is 7.87. The molecule has 0 saturated heterocycles. The maximum absolute atomic E-state index is 13.7. The van der Waals surface area contributed by atoms with Crippen molar-refractivity contribution in [2.75, 3.05) is 0 Å². The summed E-state index contributed by atoms with van der Waals surface area (Å²) in [6.45, 7) is 0. The molecule has 3 nitrogen and oxygen atoms in total. The fourth-order valence-corrected chi connectivity index (χ4v) is 2.33. The molecule has 0 fully saturated rings. The van der Waals surface area contributed by atoms with E-state index >= 15 is 0 Å². The molecule has 0 atom stereocenters. The molecule has 0 saturated carbocycles. The van der Waals surface area contributed by atoms with Crippen LogP contribution >= 0.6 is 0 Å². The third-order valence-electron chi connectivity index (χ3n) is 3.64. The number of halogens is 2. The summed E-state index contributed by atoms with van der Waals surface area (Å²) in [7, 11) is 0. The van der Waals surface area contributed by atoms with E-state index in [1.165, 1.54) is 6.07 Å². The van der Waals surface area contributed by atoms with Crippen LogP contribution in [0.5, 0.6) is 0 Å². The van der Waals surface area contributed by atoms with Crippen LogP contribution in [0.15, 0.2) is 89.1 Å². The number of hydrogen-bond donors (Lipinski definition) is 0. The molecular formula is C21H14F2N2O. The van der Waals surface area contributed by atoms with Crippen molar-refractivity contribution in [3.05, 3.63) is 107 Å². The van der Waals surface area contributed by atoms with Gasteiger partial charge < -0.3 is 0 Å². The molecule has 3 aromatic rings. The predicted octanol–water partition coefficient (Wildman–Crippen LogP) is 4.67. The normalized spacial score (nSPS) is 11.7. The highest BCUT2D eigenvalue weighted by Crippen LogP contribution is 2.11. The summed E-state index contributed by atoms with van der Waals surface area (Å²) in [4.78, 5) is 12.8. The van der Waals surface area contributed by atoms with Gasteiger partial charge in [-0.05, 0) is 12.1 Å². The number of nitrogens with zero attached hydrogens (tertiary/aromatic N) is 2. The molecular weight excluding hydrogens is 334 g/mol. The van der Waals surface area contributed by atoms with Crippen LogP contribution < -0.4 is 0 Å². The Hall–Kier alpha value is -3.47. The monoisotopic (exact) mass is 348 g/mol. The zero-order valence-corrected chi connectivity index (χ0v) is 13.6. The topological polar surface area (TPSA) is 41.8 Å². The number of hydrogen-bond acceptors (Lipinski definition) is 3. The average molecular weight is 348 g/mol. The van der Waals surface area contributed by atoms with Gasteiger partial charge in [-0.25, -0.2) is 8.78 Å². The third kappa shape index (κ3) is 3.95. The molecule has 0 radical (unpaired) electrons. The van der Waals surface area contributed by atoms with Crippen LogP contribution in [-0.2, 0) is 0 Å². The second kappa shape index (κ2) is 8.07. The Kier molecular flexibility index (Phi) is 5.39. The van der Waals surface area contributed by atoms with Gasteiger partial charge in [-0.2, -0.15) is 5.10 Å². The Bertz CT molecular complexity index is 948. The lowest BCUT2D eigenvalue weighted by molar-refractivity contribution is 0.106. The maximum Gasteiger partial charge on any atom is 0.213 e. The largest absolute Gasteiger partial charge is 0.287 e. The predicted molar refractivity (Wildman–Crippen MR) is 97.7 cm³/mol. The molecule has 3 rings (SSSR count). The summed E-state index contributed by atoms with van der Waals surface area (Å²) < 4.78 is 27.3. The Balaban J connectivity index is 2.00. The molecule has 0 amide bonds. The summed E-state index contributed by atoms with van der Waals surface area (Å²) in [5.41, 5.74) is 0.788. The molecule has 0 bridgehead atoms. The highest BCUT2D eigenvalue weighted by atomic mass is 19.1. The second-order valence-corrected chi connectivity index (χ2v) is 5.39. The summed E-state index contributed by atoms with van der Waals surface area (Å²) in [5, 5.41) is 7.70. The maximum atomic E-state index is 13.7. The van der Waals surface area contributed by atoms with E-state index in [0.717, 1.165) is 18.3 Å². The Morgan fingerprint density at radius 1 is 0.731 bits per heavy atom. The van der Waals surface area contributed by atoms with E-state index in [1.54, 1.807) is 54.6 Å². The Labute approximate surface area is 149 Å². The molecule has 0 aliphatic rings. The number of ketones is 1. The van der Waals surface area contributed by atoms with Crippen molar-refractivity contribution in [1.82, 2.24) is 0 Å². The quantitative estimate of drug-likeness (QED) is 0.375. The molecule has 0 N–H and O–H groups in total. The van der Waals surface area contributed by atoms with Gasteiger partial charge in [0.25, 0.3) is 0 Å². The van der Waals surface area contributed by atoms with Crippen molar-refractivity contribution in [3.63, 3.8) is 0 Å². The van der Waals surface area contributed by atoms with E-state index in [9.17, 15) is 13.6 Å². The zero-order chi connectivity index (χ0) is 18.4. The van der Waals surface area contributed by atoms with Gasteiger partial charge >= 0.3 is 0 Å². The fraction of sp³-hybridized carbons (Fsp3) is 0. The lowest BCUT2D eigenvalue weighted by Crippen LogP contribution is -2.15. The fourth-order valence-electron chi connectivity index (χ4n) is 2.33. The third-order valence-corrected chi connectivity index (χ3v) is 3.64. The minimum absolute atomic E-state index is 0.0878. The minimum atomic E-state index is -0.750. The minimum Gasteiger partial charge on any atom is -0.287 e. The number of carbonyl (C=O) groups is 1. The van der Waals surface area contributed by atoms with Crippen molar-refractivity contribution in [1.29, 1.82) is 0 Å². The van der Waals surface area contributed by atoms with Crippen molar-refractivity contribution >= 4 is 17.7 Å². The molecule has 128 valence electrons. The summed E-state index contributed by atoms with van der Waals surface area (Å²) in [6.07, 6.45) is 0.964. The van der Waals surface area contributed by atoms with Gasteiger partial charge in [0, 0.05) is 11.1 Å². The Morgan fingerprint density at radius 2 is 1.27 bits per heavy atom. The summed E-state index contributed by atoms with van der Waals surface area (Å²) in [6, 6.07) is 20.9. The van der Waals surface area contributed by atoms with Gasteiger partial charge in [-0.1, -0.05) is 66.7 Å². The number of carbonyl (C=O) groups excluding carboxylic acids is 1. The van der Waals surface area contributed by atoms with Crippen molar-refractivity contribution in [3.8, 4) is 0 Å². The number of rotatable bonds is 5. The number of Topliss-reactive ketones (excluding diaryl/α,β-unsaturated/α-hetero) is 1. The SMILES string of the molecule is O=C(/C(=N/N=C\c1c(F)cccc1F)c1ccccc1)c1ccccc1. The van der Waals surface area contributed by atoms with Crippen LogP contribution in [0.1, 0.15) is 21.5 Å². The van der Waals surface area contributed by atoms with Crippen LogP contribution in [0.4, 0.5) is 8.78 Å². The highest BCUT2D eigenvalue weighted by Gasteiger charge is 2.16. The second-order valence-electron chi connectivity index (χ2n) is 5.39. The van der Waals surface area contributed by atoms with E-state index in [4.69, 9.17) is 0 Å². The smallest absolute Gasteiger partial charge is 0.213 e. The van der Waals surface area contributed by atoms with Crippen LogP contribution in [0.3, 0.4) is 0 Å². The van der Waals surface area contributed by atoms with E-state index in [-0.39, 0.29) is 17.1 Å². The zero-order valence-electron chi connectivity index (χ0n) is 13.6. The molecule has 3 aromatic carbocycles. The van der Waals surface area contributed by atoms with Crippen LogP contribution in [0.2, 0.25) is 0 Å². The Morgan fingerprint density at radius 3 is 1.85 bits per heavy atom. The van der Waals surface area contributed by atoms with Crippen LogP contribution in [0.25, 0.3) is 0 Å². The standard InChI is InChI=1S/C21H14F2N2O/c22-18-12-7-13-19(23)17(18)14-24-25-20(15-8-3-1-4-9-15)21(26)16-10-5-2-6-11-16/h1-14H/b24-14-,25-20+. The molecule has 0 spiro atoms. The molecule has 5 heteroatoms. The first kappa shape index (κ1) is 17.4. The van der Waals surface area contributed by atoms with Gasteiger partial charge in [0.05, 0.1) is 11.8 Å². The summed E-state index contributed by atoms with van der Waals surface area (Å²) >= 11 is 0. The molecule has 0 aromatic heterocycles. The van der Waals surface area contributed by atoms with E-state index in [2.05, 4.69) is 10.2 Å². The van der Waals surface area contributed by atoms with E-state index < -0.39 is 11.6 Å². The van der Waals surface area contributed by atoms with Gasteiger partial charge in [-0.3, -0.25) is 4.79 Å². The average Bonchev–Trinajstić information content (AvgIpc) is 2.68. The molecule has 0 heterocycles. The highest BCUT2D eigenvalue weighted by molar-refractivity contribution is 6.51. The molecule has 0 unspecified atom stereocenters. The van der Waals surface area contributed by atoms with Gasteiger partial charge in [0.15, 0.2) is 0 Å². The van der Waals surface area contributed by atoms with Crippen molar-refractivity contribution < 1.29 is 13.6 Å². The first-order valence-electron chi connectivity index (χ1n) is 7.87. The van der Waals surface area contributed by atoms with Gasteiger partial charge in [-0.15, -0.1) is 5.10 Å². The molecule has 0 aliphatic heterocycles. The molecule has 0 aliphatic carbocycles.